The van der Waals surface area contributed by atoms with Gasteiger partial charge in [-0.25, -0.2) is 0 Å². The fourth-order valence-corrected chi connectivity index (χ4v) is 1.87. The van der Waals surface area contributed by atoms with Crippen LogP contribution in [0.4, 0.5) is 0 Å². The van der Waals surface area contributed by atoms with Crippen molar-refractivity contribution in [3.8, 4) is 0 Å². The molecule has 1 aromatic carbocycles. The van der Waals surface area contributed by atoms with E-state index in [0.717, 1.165) is 12.1 Å². The molecule has 1 saturated heterocycles. The molecule has 0 radical (unpaired) electrons. The first kappa shape index (κ1) is 10.2. The van der Waals surface area contributed by atoms with Crippen molar-refractivity contribution in [3.63, 3.8) is 0 Å². The number of rotatable bonds is 1. The minimum atomic E-state index is -0.577. The number of benzene rings is 1. The third-order valence-corrected chi connectivity index (χ3v) is 2.97. The summed E-state index contributed by atoms with van der Waals surface area (Å²) >= 11 is 0. The Morgan fingerprint density at radius 3 is 2.47 bits per heavy atom. The standard InChI is InChI=1S/C12H16N2O/c1-9-3-5-10(6-4-9)12(2)11(15)13-7-8-14-12/h3-6,14H,7-8H2,1-2H3,(H,13,15). The molecule has 1 amide bonds. The summed E-state index contributed by atoms with van der Waals surface area (Å²) in [6.07, 6.45) is 0. The smallest absolute Gasteiger partial charge is 0.244 e. The van der Waals surface area contributed by atoms with Crippen molar-refractivity contribution in [3.05, 3.63) is 35.4 Å². The van der Waals surface area contributed by atoms with Crippen molar-refractivity contribution in [1.29, 1.82) is 0 Å². The largest absolute Gasteiger partial charge is 0.353 e. The third-order valence-electron chi connectivity index (χ3n) is 2.97. The Morgan fingerprint density at radius 2 is 1.87 bits per heavy atom. The summed E-state index contributed by atoms with van der Waals surface area (Å²) in [7, 11) is 0. The molecular formula is C12H16N2O. The maximum Gasteiger partial charge on any atom is 0.244 e. The minimum Gasteiger partial charge on any atom is -0.353 e. The molecule has 15 heavy (non-hydrogen) atoms. The van der Waals surface area contributed by atoms with E-state index < -0.39 is 5.54 Å². The lowest BCUT2D eigenvalue weighted by atomic mass is 9.89. The van der Waals surface area contributed by atoms with Crippen LogP contribution in [-0.4, -0.2) is 19.0 Å². The second-order valence-electron chi connectivity index (χ2n) is 4.17. The number of aryl methyl sites for hydroxylation is 1. The van der Waals surface area contributed by atoms with E-state index in [1.54, 1.807) is 0 Å². The Morgan fingerprint density at radius 1 is 1.20 bits per heavy atom. The van der Waals surface area contributed by atoms with Crippen LogP contribution in [0.15, 0.2) is 24.3 Å². The zero-order chi connectivity index (χ0) is 10.9. The van der Waals surface area contributed by atoms with Gasteiger partial charge in [-0.3, -0.25) is 10.1 Å². The molecule has 1 atom stereocenters. The second-order valence-corrected chi connectivity index (χ2v) is 4.17. The van der Waals surface area contributed by atoms with Crippen LogP contribution in [0.25, 0.3) is 0 Å². The van der Waals surface area contributed by atoms with Crippen LogP contribution >= 0.6 is 0 Å². The highest BCUT2D eigenvalue weighted by Gasteiger charge is 2.36. The van der Waals surface area contributed by atoms with Crippen molar-refractivity contribution < 1.29 is 4.79 Å². The first-order valence-corrected chi connectivity index (χ1v) is 5.23. The Labute approximate surface area is 89.9 Å². The van der Waals surface area contributed by atoms with Crippen LogP contribution in [0.5, 0.6) is 0 Å². The number of hydrogen-bond donors (Lipinski definition) is 2. The van der Waals surface area contributed by atoms with Crippen LogP contribution < -0.4 is 10.6 Å². The van der Waals surface area contributed by atoms with Crippen molar-refractivity contribution in [2.24, 2.45) is 0 Å². The molecular weight excluding hydrogens is 188 g/mol. The number of piperazine rings is 1. The van der Waals surface area contributed by atoms with Gasteiger partial charge in [-0.15, -0.1) is 0 Å². The molecule has 3 nitrogen and oxygen atoms in total. The van der Waals surface area contributed by atoms with Gasteiger partial charge < -0.3 is 5.32 Å². The summed E-state index contributed by atoms with van der Waals surface area (Å²) in [5.41, 5.74) is 1.65. The van der Waals surface area contributed by atoms with Crippen molar-refractivity contribution >= 4 is 5.91 Å². The van der Waals surface area contributed by atoms with Crippen LogP contribution in [0.1, 0.15) is 18.1 Å². The number of carbonyl (C=O) groups excluding carboxylic acids is 1. The highest BCUT2D eigenvalue weighted by atomic mass is 16.2. The normalized spacial score (nSPS) is 26.1. The van der Waals surface area contributed by atoms with Gasteiger partial charge in [-0.1, -0.05) is 29.8 Å². The molecule has 1 aromatic rings. The topological polar surface area (TPSA) is 41.1 Å². The maximum atomic E-state index is 11.8. The lowest BCUT2D eigenvalue weighted by Gasteiger charge is -2.34. The highest BCUT2D eigenvalue weighted by Crippen LogP contribution is 2.22. The van der Waals surface area contributed by atoms with Gasteiger partial charge >= 0.3 is 0 Å². The van der Waals surface area contributed by atoms with Crippen LogP contribution in [0.2, 0.25) is 0 Å². The molecule has 2 N–H and O–H groups in total. The Kier molecular flexibility index (Phi) is 2.49. The monoisotopic (exact) mass is 204 g/mol. The zero-order valence-corrected chi connectivity index (χ0v) is 9.13. The lowest BCUT2D eigenvalue weighted by Crippen LogP contribution is -2.59. The first-order chi connectivity index (χ1) is 7.13. The molecule has 2 rings (SSSR count). The predicted molar refractivity (Wildman–Crippen MR) is 59.5 cm³/mol. The van der Waals surface area contributed by atoms with E-state index in [2.05, 4.69) is 10.6 Å². The number of carbonyl (C=O) groups is 1. The van der Waals surface area contributed by atoms with E-state index in [1.165, 1.54) is 5.56 Å². The van der Waals surface area contributed by atoms with Crippen molar-refractivity contribution in [2.75, 3.05) is 13.1 Å². The Bertz CT molecular complexity index is 372. The Hall–Kier alpha value is -1.35. The lowest BCUT2D eigenvalue weighted by molar-refractivity contribution is -0.128. The Balaban J connectivity index is 2.35. The van der Waals surface area contributed by atoms with E-state index in [9.17, 15) is 4.79 Å². The van der Waals surface area contributed by atoms with E-state index in [4.69, 9.17) is 0 Å². The first-order valence-electron chi connectivity index (χ1n) is 5.23. The van der Waals surface area contributed by atoms with Gasteiger partial charge in [0.05, 0.1) is 0 Å². The summed E-state index contributed by atoms with van der Waals surface area (Å²) in [4.78, 5) is 11.8. The molecule has 1 aliphatic rings. The summed E-state index contributed by atoms with van der Waals surface area (Å²) < 4.78 is 0. The molecule has 0 bridgehead atoms. The molecule has 0 aliphatic carbocycles. The van der Waals surface area contributed by atoms with Gasteiger partial charge in [0.1, 0.15) is 5.54 Å². The number of amides is 1. The molecule has 1 aliphatic heterocycles. The quantitative estimate of drug-likeness (QED) is 0.714. The number of hydrogen-bond acceptors (Lipinski definition) is 2. The molecule has 3 heteroatoms. The van der Waals surface area contributed by atoms with Gasteiger partial charge in [0.25, 0.3) is 0 Å². The summed E-state index contributed by atoms with van der Waals surface area (Å²) in [5, 5.41) is 6.15. The minimum absolute atomic E-state index is 0.0533. The van der Waals surface area contributed by atoms with Crippen LogP contribution in [0.3, 0.4) is 0 Å². The van der Waals surface area contributed by atoms with Gasteiger partial charge in [0.2, 0.25) is 5.91 Å². The molecule has 1 unspecified atom stereocenters. The van der Waals surface area contributed by atoms with Gasteiger partial charge in [0, 0.05) is 13.1 Å². The number of nitrogens with one attached hydrogen (secondary N) is 2. The van der Waals surface area contributed by atoms with E-state index >= 15 is 0 Å². The van der Waals surface area contributed by atoms with E-state index in [0.29, 0.717) is 6.54 Å². The summed E-state index contributed by atoms with van der Waals surface area (Å²) in [5.74, 6) is 0.0533. The molecule has 0 aromatic heterocycles. The van der Waals surface area contributed by atoms with Gasteiger partial charge in [0.15, 0.2) is 0 Å². The van der Waals surface area contributed by atoms with Crippen molar-refractivity contribution in [1.82, 2.24) is 10.6 Å². The average molecular weight is 204 g/mol. The third kappa shape index (κ3) is 1.75. The van der Waals surface area contributed by atoms with Gasteiger partial charge in [-0.2, -0.15) is 0 Å². The van der Waals surface area contributed by atoms with Crippen molar-refractivity contribution in [2.45, 2.75) is 19.4 Å². The molecule has 0 spiro atoms. The van der Waals surface area contributed by atoms with Crippen LogP contribution in [-0.2, 0) is 10.3 Å². The van der Waals surface area contributed by atoms with Crippen LogP contribution in [0, 0.1) is 6.92 Å². The molecule has 80 valence electrons. The SMILES string of the molecule is Cc1ccc(C2(C)NCCNC2=O)cc1. The van der Waals surface area contributed by atoms with Gasteiger partial charge in [-0.05, 0) is 19.4 Å². The second kappa shape index (κ2) is 3.66. The summed E-state index contributed by atoms with van der Waals surface area (Å²) in [6.45, 7) is 5.49. The predicted octanol–water partition coefficient (Wildman–Crippen LogP) is 0.930. The van der Waals surface area contributed by atoms with E-state index in [1.807, 2.05) is 38.1 Å². The fraction of sp³-hybridized carbons (Fsp3) is 0.417. The summed E-state index contributed by atoms with van der Waals surface area (Å²) in [6, 6.07) is 8.08. The highest BCUT2D eigenvalue weighted by molar-refractivity contribution is 5.88. The zero-order valence-electron chi connectivity index (χ0n) is 9.13. The fourth-order valence-electron chi connectivity index (χ4n) is 1.87. The average Bonchev–Trinajstić information content (AvgIpc) is 2.23. The molecule has 1 heterocycles. The van der Waals surface area contributed by atoms with E-state index in [-0.39, 0.29) is 5.91 Å². The molecule has 0 saturated carbocycles. The maximum absolute atomic E-state index is 11.8. The molecule has 1 fully saturated rings.